The molecule has 1 amide bonds. The number of nitro groups is 2. The zero-order valence-corrected chi connectivity index (χ0v) is 16.0. The molecule has 2 aromatic rings. The summed E-state index contributed by atoms with van der Waals surface area (Å²) >= 11 is 0. The Morgan fingerprint density at radius 1 is 0.935 bits per heavy atom. The second kappa shape index (κ2) is 8.68. The molecule has 0 spiro atoms. The molecule has 0 N–H and O–H groups in total. The van der Waals surface area contributed by atoms with Gasteiger partial charge in [0.25, 0.3) is 17.3 Å². The molecule has 1 aliphatic rings. The predicted octanol–water partition coefficient (Wildman–Crippen LogP) is 3.48. The second-order valence-corrected chi connectivity index (χ2v) is 7.02. The standard InChI is InChI=1S/C19H17F3N4O5/c20-19(21,22)15-3-1-2-13(8-15)12-23-4-6-24(7-5-23)18(27)14-9-16(25(28)29)11-17(10-14)26(30)31/h1-3,8-11H,4-7,12H2. The van der Waals surface area contributed by atoms with Gasteiger partial charge in [-0.1, -0.05) is 18.2 Å². The lowest BCUT2D eigenvalue weighted by atomic mass is 10.1. The number of nitro benzene ring substituents is 2. The van der Waals surface area contributed by atoms with Crippen molar-refractivity contribution in [3.8, 4) is 0 Å². The maximum Gasteiger partial charge on any atom is 0.416 e. The summed E-state index contributed by atoms with van der Waals surface area (Å²) in [6.07, 6.45) is -4.43. The Labute approximate surface area is 174 Å². The number of alkyl halides is 3. The molecule has 0 aromatic heterocycles. The van der Waals surface area contributed by atoms with Gasteiger partial charge in [-0.25, -0.2) is 0 Å². The van der Waals surface area contributed by atoms with E-state index in [9.17, 15) is 38.2 Å². The van der Waals surface area contributed by atoms with E-state index < -0.39 is 38.9 Å². The number of rotatable bonds is 5. The van der Waals surface area contributed by atoms with Gasteiger partial charge in [0.1, 0.15) is 0 Å². The van der Waals surface area contributed by atoms with E-state index in [0.29, 0.717) is 18.7 Å². The molecule has 9 nitrogen and oxygen atoms in total. The topological polar surface area (TPSA) is 110 Å². The third-order valence-electron chi connectivity index (χ3n) is 4.89. The lowest BCUT2D eigenvalue weighted by molar-refractivity contribution is -0.394. The molecule has 0 aliphatic carbocycles. The normalized spacial score (nSPS) is 15.0. The fraction of sp³-hybridized carbons (Fsp3) is 0.316. The lowest BCUT2D eigenvalue weighted by Crippen LogP contribution is -2.48. The molecule has 1 heterocycles. The van der Waals surface area contributed by atoms with Crippen LogP contribution in [0.4, 0.5) is 24.5 Å². The van der Waals surface area contributed by atoms with E-state index in [1.165, 1.54) is 11.0 Å². The molecular weight excluding hydrogens is 421 g/mol. The first kappa shape index (κ1) is 22.2. The molecule has 2 aromatic carbocycles. The number of carbonyl (C=O) groups is 1. The summed E-state index contributed by atoms with van der Waals surface area (Å²) in [6, 6.07) is 7.78. The molecular formula is C19H17F3N4O5. The second-order valence-electron chi connectivity index (χ2n) is 7.02. The number of piperazine rings is 1. The van der Waals surface area contributed by atoms with Crippen LogP contribution in [0.2, 0.25) is 0 Å². The van der Waals surface area contributed by atoms with Crippen molar-refractivity contribution >= 4 is 17.3 Å². The van der Waals surface area contributed by atoms with E-state index in [1.807, 2.05) is 4.90 Å². The first-order valence-corrected chi connectivity index (χ1v) is 9.16. The molecule has 1 saturated heterocycles. The highest BCUT2D eigenvalue weighted by atomic mass is 19.4. The van der Waals surface area contributed by atoms with E-state index in [1.54, 1.807) is 6.07 Å². The Kier molecular flexibility index (Phi) is 6.20. The number of halogens is 3. The Hall–Kier alpha value is -3.54. The minimum absolute atomic E-state index is 0.160. The van der Waals surface area contributed by atoms with Crippen LogP contribution in [0.15, 0.2) is 42.5 Å². The average molecular weight is 438 g/mol. The van der Waals surface area contributed by atoms with Crippen LogP contribution in [0.25, 0.3) is 0 Å². The maximum absolute atomic E-state index is 12.9. The average Bonchev–Trinajstić information content (AvgIpc) is 2.73. The minimum Gasteiger partial charge on any atom is -0.336 e. The van der Waals surface area contributed by atoms with E-state index >= 15 is 0 Å². The molecule has 31 heavy (non-hydrogen) atoms. The van der Waals surface area contributed by atoms with Crippen LogP contribution in [0.5, 0.6) is 0 Å². The van der Waals surface area contributed by atoms with Gasteiger partial charge in [-0.2, -0.15) is 13.2 Å². The summed E-state index contributed by atoms with van der Waals surface area (Å²) in [5.41, 5.74) is -1.51. The van der Waals surface area contributed by atoms with Gasteiger partial charge in [0.2, 0.25) is 0 Å². The Balaban J connectivity index is 1.67. The van der Waals surface area contributed by atoms with Crippen molar-refractivity contribution in [1.82, 2.24) is 9.80 Å². The van der Waals surface area contributed by atoms with Gasteiger partial charge in [0.05, 0.1) is 27.0 Å². The van der Waals surface area contributed by atoms with Gasteiger partial charge < -0.3 is 4.90 Å². The molecule has 0 unspecified atom stereocenters. The SMILES string of the molecule is O=C(c1cc([N+](=O)[O-])cc([N+](=O)[O-])c1)N1CCN(Cc2cccc(C(F)(F)F)c2)CC1. The summed E-state index contributed by atoms with van der Waals surface area (Å²) in [5.74, 6) is -0.578. The number of non-ortho nitro benzene ring substituents is 2. The first-order valence-electron chi connectivity index (χ1n) is 9.16. The van der Waals surface area contributed by atoms with Crippen LogP contribution in [-0.4, -0.2) is 51.7 Å². The van der Waals surface area contributed by atoms with Crippen LogP contribution in [0.3, 0.4) is 0 Å². The summed E-state index contributed by atoms with van der Waals surface area (Å²) in [4.78, 5) is 36.4. The Morgan fingerprint density at radius 3 is 2.03 bits per heavy atom. The van der Waals surface area contributed by atoms with Crippen molar-refractivity contribution < 1.29 is 27.8 Å². The number of carbonyl (C=O) groups excluding carboxylic acids is 1. The van der Waals surface area contributed by atoms with Gasteiger partial charge >= 0.3 is 6.18 Å². The molecule has 3 rings (SSSR count). The van der Waals surface area contributed by atoms with Gasteiger partial charge in [-0.15, -0.1) is 0 Å². The number of hydrogen-bond acceptors (Lipinski definition) is 6. The van der Waals surface area contributed by atoms with E-state index in [-0.39, 0.29) is 25.2 Å². The quantitative estimate of drug-likeness (QED) is 0.522. The van der Waals surface area contributed by atoms with E-state index in [4.69, 9.17) is 0 Å². The van der Waals surface area contributed by atoms with Crippen LogP contribution in [0, 0.1) is 20.2 Å². The zero-order valence-electron chi connectivity index (χ0n) is 16.0. The lowest BCUT2D eigenvalue weighted by Gasteiger charge is -2.34. The predicted molar refractivity (Wildman–Crippen MR) is 102 cm³/mol. The zero-order chi connectivity index (χ0) is 22.8. The van der Waals surface area contributed by atoms with Gasteiger partial charge in [-0.05, 0) is 11.6 Å². The van der Waals surface area contributed by atoms with Crippen LogP contribution in [-0.2, 0) is 12.7 Å². The molecule has 0 saturated carbocycles. The fourth-order valence-electron chi connectivity index (χ4n) is 3.33. The van der Waals surface area contributed by atoms with Gasteiger partial charge in [0, 0.05) is 44.9 Å². The van der Waals surface area contributed by atoms with Crippen molar-refractivity contribution in [1.29, 1.82) is 0 Å². The minimum atomic E-state index is -4.43. The van der Waals surface area contributed by atoms with Crippen LogP contribution < -0.4 is 0 Å². The van der Waals surface area contributed by atoms with Crippen molar-refractivity contribution in [2.45, 2.75) is 12.7 Å². The fourth-order valence-corrected chi connectivity index (χ4v) is 3.33. The third-order valence-corrected chi connectivity index (χ3v) is 4.89. The van der Waals surface area contributed by atoms with E-state index in [2.05, 4.69) is 0 Å². The molecule has 1 aliphatic heterocycles. The summed E-state index contributed by atoms with van der Waals surface area (Å²) in [7, 11) is 0. The largest absolute Gasteiger partial charge is 0.416 e. The number of amides is 1. The highest BCUT2D eigenvalue weighted by Crippen LogP contribution is 2.30. The summed E-state index contributed by atoms with van der Waals surface area (Å²) in [6.45, 7) is 1.48. The number of nitrogens with zero attached hydrogens (tertiary/aromatic N) is 4. The molecule has 0 bridgehead atoms. The third kappa shape index (κ3) is 5.34. The number of hydrogen-bond donors (Lipinski definition) is 0. The van der Waals surface area contributed by atoms with E-state index in [0.717, 1.165) is 30.3 Å². The van der Waals surface area contributed by atoms with Crippen molar-refractivity contribution in [2.24, 2.45) is 0 Å². The molecule has 1 fully saturated rings. The first-order chi connectivity index (χ1) is 14.5. The highest BCUT2D eigenvalue weighted by Gasteiger charge is 2.31. The van der Waals surface area contributed by atoms with Gasteiger partial charge in [0.15, 0.2) is 0 Å². The smallest absolute Gasteiger partial charge is 0.336 e. The van der Waals surface area contributed by atoms with Crippen LogP contribution in [0.1, 0.15) is 21.5 Å². The highest BCUT2D eigenvalue weighted by molar-refractivity contribution is 5.95. The molecule has 164 valence electrons. The summed E-state index contributed by atoms with van der Waals surface area (Å²) < 4.78 is 38.6. The summed E-state index contributed by atoms with van der Waals surface area (Å²) in [5, 5.41) is 22.0. The van der Waals surface area contributed by atoms with Crippen LogP contribution >= 0.6 is 0 Å². The Morgan fingerprint density at radius 2 is 1.52 bits per heavy atom. The van der Waals surface area contributed by atoms with Crippen molar-refractivity contribution in [3.63, 3.8) is 0 Å². The molecule has 0 atom stereocenters. The van der Waals surface area contributed by atoms with Crippen molar-refractivity contribution in [2.75, 3.05) is 26.2 Å². The van der Waals surface area contributed by atoms with Gasteiger partial charge in [-0.3, -0.25) is 29.9 Å². The Bertz CT molecular complexity index is 988. The number of benzene rings is 2. The maximum atomic E-state index is 12.9. The molecule has 0 radical (unpaired) electrons. The van der Waals surface area contributed by atoms with Crippen molar-refractivity contribution in [3.05, 3.63) is 79.4 Å². The molecule has 12 heteroatoms. The monoisotopic (exact) mass is 438 g/mol.